The lowest BCUT2D eigenvalue weighted by atomic mass is 9.70. The summed E-state index contributed by atoms with van der Waals surface area (Å²) < 4.78 is 5.14. The molecular formula is C14H22N2O. The van der Waals surface area contributed by atoms with Crippen LogP contribution in [0.5, 0.6) is 0 Å². The van der Waals surface area contributed by atoms with Gasteiger partial charge in [0.1, 0.15) is 0 Å². The SMILES string of the molecule is COCCC(C)C(NN)C1Cc2ccccc21. The monoisotopic (exact) mass is 234 g/mol. The van der Waals surface area contributed by atoms with Crippen LogP contribution in [0.4, 0.5) is 0 Å². The lowest BCUT2D eigenvalue weighted by Gasteiger charge is -2.39. The zero-order valence-electron chi connectivity index (χ0n) is 10.6. The maximum atomic E-state index is 5.72. The van der Waals surface area contributed by atoms with Crippen molar-refractivity contribution in [3.05, 3.63) is 35.4 Å². The zero-order valence-corrected chi connectivity index (χ0v) is 10.6. The Morgan fingerprint density at radius 3 is 2.88 bits per heavy atom. The fraction of sp³-hybridized carbons (Fsp3) is 0.571. The van der Waals surface area contributed by atoms with Crippen LogP contribution in [-0.2, 0) is 11.2 Å². The molecule has 0 saturated heterocycles. The first-order chi connectivity index (χ1) is 8.27. The van der Waals surface area contributed by atoms with E-state index >= 15 is 0 Å². The molecule has 0 radical (unpaired) electrons. The van der Waals surface area contributed by atoms with E-state index in [0.29, 0.717) is 17.9 Å². The van der Waals surface area contributed by atoms with Crippen molar-refractivity contribution in [2.24, 2.45) is 11.8 Å². The molecule has 3 heteroatoms. The minimum atomic E-state index is 0.347. The van der Waals surface area contributed by atoms with Gasteiger partial charge in [0.2, 0.25) is 0 Å². The Hall–Kier alpha value is -0.900. The Bertz CT molecular complexity index is 367. The molecule has 3 atom stereocenters. The van der Waals surface area contributed by atoms with Gasteiger partial charge in [-0.2, -0.15) is 0 Å². The third kappa shape index (κ3) is 2.51. The Kier molecular flexibility index (Phi) is 4.15. The molecule has 0 aliphatic heterocycles. The largest absolute Gasteiger partial charge is 0.385 e. The van der Waals surface area contributed by atoms with E-state index in [-0.39, 0.29) is 0 Å². The van der Waals surface area contributed by atoms with Gasteiger partial charge in [-0.05, 0) is 29.9 Å². The number of rotatable bonds is 6. The summed E-state index contributed by atoms with van der Waals surface area (Å²) in [6.07, 6.45) is 2.19. The highest BCUT2D eigenvalue weighted by molar-refractivity contribution is 5.41. The van der Waals surface area contributed by atoms with Gasteiger partial charge in [-0.25, -0.2) is 0 Å². The molecule has 2 rings (SSSR count). The fourth-order valence-corrected chi connectivity index (χ4v) is 2.78. The van der Waals surface area contributed by atoms with Gasteiger partial charge in [0, 0.05) is 25.7 Å². The molecule has 1 aromatic carbocycles. The average Bonchev–Trinajstić information content (AvgIpc) is 2.33. The maximum absolute atomic E-state index is 5.72. The second kappa shape index (κ2) is 5.63. The standard InChI is InChI=1S/C14H22N2O/c1-10(7-8-17-2)14(16-15)13-9-11-5-3-4-6-12(11)13/h3-6,10,13-14,16H,7-9,15H2,1-2H3. The Balaban J connectivity index is 2.01. The molecule has 0 amide bonds. The predicted octanol–water partition coefficient (Wildman–Crippen LogP) is 1.83. The van der Waals surface area contributed by atoms with Crippen LogP contribution >= 0.6 is 0 Å². The quantitative estimate of drug-likeness (QED) is 0.583. The number of benzene rings is 1. The minimum absolute atomic E-state index is 0.347. The normalized spacial score (nSPS) is 21.5. The van der Waals surface area contributed by atoms with E-state index in [1.807, 2.05) is 0 Å². The van der Waals surface area contributed by atoms with Crippen molar-refractivity contribution in [3.63, 3.8) is 0 Å². The molecule has 1 aromatic rings. The lowest BCUT2D eigenvalue weighted by Crippen LogP contribution is -2.47. The molecule has 0 bridgehead atoms. The van der Waals surface area contributed by atoms with E-state index in [9.17, 15) is 0 Å². The Morgan fingerprint density at radius 1 is 1.47 bits per heavy atom. The summed E-state index contributed by atoms with van der Waals surface area (Å²) in [7, 11) is 1.75. The molecule has 3 N–H and O–H groups in total. The molecule has 0 spiro atoms. The van der Waals surface area contributed by atoms with Crippen LogP contribution in [-0.4, -0.2) is 19.8 Å². The van der Waals surface area contributed by atoms with Crippen molar-refractivity contribution in [1.82, 2.24) is 5.43 Å². The first-order valence-corrected chi connectivity index (χ1v) is 6.30. The fourth-order valence-electron chi connectivity index (χ4n) is 2.78. The van der Waals surface area contributed by atoms with Crippen LogP contribution in [0.3, 0.4) is 0 Å². The van der Waals surface area contributed by atoms with E-state index in [0.717, 1.165) is 19.4 Å². The number of nitrogens with two attached hydrogens (primary N) is 1. The van der Waals surface area contributed by atoms with Crippen LogP contribution in [0.15, 0.2) is 24.3 Å². The van der Waals surface area contributed by atoms with E-state index in [2.05, 4.69) is 36.6 Å². The minimum Gasteiger partial charge on any atom is -0.385 e. The van der Waals surface area contributed by atoms with Crippen LogP contribution in [0.25, 0.3) is 0 Å². The zero-order chi connectivity index (χ0) is 12.3. The van der Waals surface area contributed by atoms with Crippen LogP contribution < -0.4 is 11.3 Å². The van der Waals surface area contributed by atoms with Gasteiger partial charge >= 0.3 is 0 Å². The molecule has 1 aliphatic carbocycles. The highest BCUT2D eigenvalue weighted by atomic mass is 16.5. The molecule has 0 fully saturated rings. The van der Waals surface area contributed by atoms with Crippen LogP contribution in [0.1, 0.15) is 30.4 Å². The van der Waals surface area contributed by atoms with Crippen molar-refractivity contribution >= 4 is 0 Å². The van der Waals surface area contributed by atoms with Gasteiger partial charge in [0.05, 0.1) is 0 Å². The molecular weight excluding hydrogens is 212 g/mol. The van der Waals surface area contributed by atoms with Gasteiger partial charge in [-0.1, -0.05) is 31.2 Å². The number of fused-ring (bicyclic) bond motifs is 1. The van der Waals surface area contributed by atoms with Crippen molar-refractivity contribution < 1.29 is 4.74 Å². The summed E-state index contributed by atoms with van der Waals surface area (Å²) >= 11 is 0. The molecule has 0 aromatic heterocycles. The molecule has 3 nitrogen and oxygen atoms in total. The molecule has 94 valence electrons. The number of hydrogen-bond acceptors (Lipinski definition) is 3. The highest BCUT2D eigenvalue weighted by Gasteiger charge is 2.34. The van der Waals surface area contributed by atoms with E-state index < -0.39 is 0 Å². The summed E-state index contributed by atoms with van der Waals surface area (Å²) in [4.78, 5) is 0. The second-order valence-electron chi connectivity index (χ2n) is 4.96. The number of hydrogen-bond donors (Lipinski definition) is 2. The number of ether oxygens (including phenoxy) is 1. The molecule has 0 heterocycles. The summed E-state index contributed by atoms with van der Waals surface area (Å²) in [5, 5.41) is 0. The van der Waals surface area contributed by atoms with Crippen LogP contribution in [0, 0.1) is 5.92 Å². The van der Waals surface area contributed by atoms with Crippen molar-refractivity contribution in [2.75, 3.05) is 13.7 Å². The van der Waals surface area contributed by atoms with Crippen molar-refractivity contribution in [1.29, 1.82) is 0 Å². The smallest absolute Gasteiger partial charge is 0.0465 e. The van der Waals surface area contributed by atoms with Gasteiger partial charge in [-0.3, -0.25) is 11.3 Å². The van der Waals surface area contributed by atoms with E-state index in [1.165, 1.54) is 11.1 Å². The molecule has 3 unspecified atom stereocenters. The summed E-state index contributed by atoms with van der Waals surface area (Å²) in [5.41, 5.74) is 5.93. The third-order valence-corrected chi connectivity index (χ3v) is 3.91. The predicted molar refractivity (Wildman–Crippen MR) is 69.7 cm³/mol. The average molecular weight is 234 g/mol. The molecule has 0 saturated carbocycles. The Labute approximate surface area is 103 Å². The van der Waals surface area contributed by atoms with Crippen molar-refractivity contribution in [2.45, 2.75) is 31.7 Å². The Morgan fingerprint density at radius 2 is 2.24 bits per heavy atom. The number of hydrazine groups is 1. The van der Waals surface area contributed by atoms with Crippen molar-refractivity contribution in [3.8, 4) is 0 Å². The summed E-state index contributed by atoms with van der Waals surface area (Å²) in [5.74, 6) is 6.81. The summed E-state index contributed by atoms with van der Waals surface area (Å²) in [6.45, 7) is 3.04. The first-order valence-electron chi connectivity index (χ1n) is 6.30. The van der Waals surface area contributed by atoms with Gasteiger partial charge in [0.15, 0.2) is 0 Å². The van der Waals surface area contributed by atoms with Gasteiger partial charge in [0.25, 0.3) is 0 Å². The lowest BCUT2D eigenvalue weighted by molar-refractivity contribution is 0.163. The summed E-state index contributed by atoms with van der Waals surface area (Å²) in [6, 6.07) is 8.99. The highest BCUT2D eigenvalue weighted by Crippen LogP contribution is 2.39. The number of methoxy groups -OCH3 is 1. The molecule has 17 heavy (non-hydrogen) atoms. The van der Waals surface area contributed by atoms with E-state index in [4.69, 9.17) is 10.6 Å². The van der Waals surface area contributed by atoms with E-state index in [1.54, 1.807) is 7.11 Å². The third-order valence-electron chi connectivity index (χ3n) is 3.91. The topological polar surface area (TPSA) is 47.3 Å². The number of nitrogens with one attached hydrogen (secondary N) is 1. The van der Waals surface area contributed by atoms with Crippen LogP contribution in [0.2, 0.25) is 0 Å². The maximum Gasteiger partial charge on any atom is 0.0465 e. The van der Waals surface area contributed by atoms with Gasteiger partial charge < -0.3 is 4.74 Å². The molecule has 1 aliphatic rings. The second-order valence-corrected chi connectivity index (χ2v) is 4.96. The first kappa shape index (κ1) is 12.6. The van der Waals surface area contributed by atoms with Gasteiger partial charge in [-0.15, -0.1) is 0 Å².